The summed E-state index contributed by atoms with van der Waals surface area (Å²) in [5.41, 5.74) is 6.27. The highest BCUT2D eigenvalue weighted by atomic mass is 14.9. The Labute approximate surface area is 167 Å². The molecule has 2 aromatic heterocycles. The van der Waals surface area contributed by atoms with E-state index in [1.807, 2.05) is 6.07 Å². The summed E-state index contributed by atoms with van der Waals surface area (Å²) in [4.78, 5) is 0. The number of nitrogens with zero attached hydrogens (tertiary/aromatic N) is 2. The van der Waals surface area contributed by atoms with Crippen LogP contribution in [0.3, 0.4) is 0 Å². The van der Waals surface area contributed by atoms with Gasteiger partial charge < -0.3 is 0 Å². The van der Waals surface area contributed by atoms with Crippen molar-refractivity contribution in [2.45, 2.75) is 26.2 Å². The average molecular weight is 367 g/mol. The van der Waals surface area contributed by atoms with Crippen molar-refractivity contribution in [3.05, 3.63) is 109 Å². The van der Waals surface area contributed by atoms with Crippen LogP contribution in [-0.2, 0) is 5.41 Å². The summed E-state index contributed by atoms with van der Waals surface area (Å²) in [6.45, 7) is 6.77. The minimum Gasteiger partial charge on any atom is -0.167 e. The predicted molar refractivity (Wildman–Crippen MR) is 114 cm³/mol. The van der Waals surface area contributed by atoms with E-state index in [0.29, 0.717) is 0 Å². The van der Waals surface area contributed by atoms with Gasteiger partial charge >= 0.3 is 0 Å². The summed E-state index contributed by atoms with van der Waals surface area (Å²) < 4.78 is 4.34. The van der Waals surface area contributed by atoms with Crippen LogP contribution in [0.5, 0.6) is 0 Å². The molecule has 138 valence electrons. The van der Waals surface area contributed by atoms with Crippen molar-refractivity contribution in [2.75, 3.05) is 0 Å². The molecular formula is C26H26N2+2. The molecule has 0 atom stereocenters. The van der Waals surface area contributed by atoms with Crippen molar-refractivity contribution in [1.82, 2.24) is 0 Å². The Hall–Kier alpha value is -3.26. The highest BCUT2D eigenvalue weighted by Crippen LogP contribution is 2.26. The number of para-hydroxylation sites is 2. The smallest absolute Gasteiger partial charge is 0.167 e. The molecule has 2 nitrogen and oxygen atoms in total. The highest BCUT2D eigenvalue weighted by molar-refractivity contribution is 5.61. The summed E-state index contributed by atoms with van der Waals surface area (Å²) in [6, 6.07) is 27.7. The summed E-state index contributed by atoms with van der Waals surface area (Å²) in [7, 11) is 0. The Morgan fingerprint density at radius 3 is 1.61 bits per heavy atom. The third kappa shape index (κ3) is 3.72. The van der Waals surface area contributed by atoms with Gasteiger partial charge in [-0.15, -0.1) is 0 Å². The minimum absolute atomic E-state index is 0.104. The van der Waals surface area contributed by atoms with Gasteiger partial charge in [-0.2, -0.15) is 9.13 Å². The summed E-state index contributed by atoms with van der Waals surface area (Å²) in [5.74, 6) is 0. The molecular weight excluding hydrogens is 340 g/mol. The fourth-order valence-corrected chi connectivity index (χ4v) is 3.50. The number of pyridine rings is 2. The molecule has 0 amide bonds. The topological polar surface area (TPSA) is 7.76 Å². The highest BCUT2D eigenvalue weighted by Gasteiger charge is 2.22. The Balaban J connectivity index is 1.63. The first-order valence-electron chi connectivity index (χ1n) is 9.71. The van der Waals surface area contributed by atoms with Gasteiger partial charge in [-0.1, -0.05) is 57.2 Å². The van der Waals surface area contributed by atoms with Crippen molar-refractivity contribution in [1.29, 1.82) is 0 Å². The molecule has 0 radical (unpaired) electrons. The normalized spacial score (nSPS) is 11.4. The lowest BCUT2D eigenvalue weighted by Gasteiger charge is -2.19. The molecule has 0 unspecified atom stereocenters. The van der Waals surface area contributed by atoms with E-state index < -0.39 is 0 Å². The summed E-state index contributed by atoms with van der Waals surface area (Å²) >= 11 is 0. The SMILES string of the molecule is CC(C)(C)c1ccccc1-[n+]1ccc(-c2cc[n+](-c3ccccc3)cc2)cc1. The zero-order valence-electron chi connectivity index (χ0n) is 16.7. The lowest BCUT2D eigenvalue weighted by molar-refractivity contribution is -0.596. The van der Waals surface area contributed by atoms with Crippen molar-refractivity contribution in [3.63, 3.8) is 0 Å². The van der Waals surface area contributed by atoms with Crippen LogP contribution in [0.15, 0.2) is 104 Å². The molecule has 2 heterocycles. The van der Waals surface area contributed by atoms with Crippen LogP contribution in [0.25, 0.3) is 22.5 Å². The molecule has 28 heavy (non-hydrogen) atoms. The largest absolute Gasteiger partial charge is 0.214 e. The first kappa shape index (κ1) is 18.1. The molecule has 0 aliphatic rings. The molecule has 4 aromatic rings. The lowest BCUT2D eigenvalue weighted by atomic mass is 9.85. The van der Waals surface area contributed by atoms with Crippen LogP contribution < -0.4 is 9.13 Å². The third-order valence-corrected chi connectivity index (χ3v) is 5.04. The Morgan fingerprint density at radius 1 is 0.536 bits per heavy atom. The van der Waals surface area contributed by atoms with Gasteiger partial charge in [0, 0.05) is 48.0 Å². The molecule has 0 saturated carbocycles. The van der Waals surface area contributed by atoms with E-state index in [1.54, 1.807) is 0 Å². The number of benzene rings is 2. The second-order valence-electron chi connectivity index (χ2n) is 8.09. The number of rotatable bonds is 3. The molecule has 2 aromatic carbocycles. The molecule has 4 rings (SSSR count). The zero-order chi connectivity index (χ0) is 19.6. The first-order chi connectivity index (χ1) is 13.5. The second-order valence-corrected chi connectivity index (χ2v) is 8.09. The van der Waals surface area contributed by atoms with Crippen LogP contribution in [0.2, 0.25) is 0 Å². The van der Waals surface area contributed by atoms with Gasteiger partial charge in [-0.3, -0.25) is 0 Å². The summed E-state index contributed by atoms with van der Waals surface area (Å²) in [6.07, 6.45) is 8.53. The quantitative estimate of drug-likeness (QED) is 0.440. The van der Waals surface area contributed by atoms with Crippen molar-refractivity contribution in [2.24, 2.45) is 0 Å². The van der Waals surface area contributed by atoms with Crippen LogP contribution >= 0.6 is 0 Å². The van der Waals surface area contributed by atoms with Crippen LogP contribution in [-0.4, -0.2) is 0 Å². The van der Waals surface area contributed by atoms with Gasteiger partial charge in [0.15, 0.2) is 24.8 Å². The maximum absolute atomic E-state index is 2.26. The van der Waals surface area contributed by atoms with Gasteiger partial charge in [-0.05, 0) is 16.5 Å². The molecule has 0 N–H and O–H groups in total. The Kier molecular flexibility index (Phi) is 4.79. The molecule has 0 spiro atoms. The van der Waals surface area contributed by atoms with Crippen LogP contribution in [0.1, 0.15) is 26.3 Å². The fraction of sp³-hybridized carbons (Fsp3) is 0.154. The first-order valence-corrected chi connectivity index (χ1v) is 9.71. The molecule has 0 saturated heterocycles. The van der Waals surface area contributed by atoms with E-state index in [2.05, 4.69) is 127 Å². The second kappa shape index (κ2) is 7.40. The maximum Gasteiger partial charge on any atom is 0.214 e. The molecule has 0 aliphatic carbocycles. The van der Waals surface area contributed by atoms with E-state index >= 15 is 0 Å². The standard InChI is InChI=1S/C26H26N2/c1-26(2,3)24-11-7-8-12-25(24)28-19-15-22(16-20-28)21-13-17-27(18-14-21)23-9-5-4-6-10-23/h4-20H,1-3H3/q+2. The predicted octanol–water partition coefficient (Wildman–Crippen LogP) is 5.20. The van der Waals surface area contributed by atoms with E-state index in [-0.39, 0.29) is 5.41 Å². The van der Waals surface area contributed by atoms with E-state index in [9.17, 15) is 0 Å². The third-order valence-electron chi connectivity index (χ3n) is 5.04. The van der Waals surface area contributed by atoms with Gasteiger partial charge in [0.2, 0.25) is 11.4 Å². The molecule has 0 bridgehead atoms. The monoisotopic (exact) mass is 366 g/mol. The van der Waals surface area contributed by atoms with Crippen LogP contribution in [0.4, 0.5) is 0 Å². The van der Waals surface area contributed by atoms with E-state index in [0.717, 1.165) is 0 Å². The van der Waals surface area contributed by atoms with E-state index in [4.69, 9.17) is 0 Å². The number of hydrogen-bond donors (Lipinski definition) is 0. The van der Waals surface area contributed by atoms with Gasteiger partial charge in [0.25, 0.3) is 0 Å². The van der Waals surface area contributed by atoms with Crippen molar-refractivity contribution in [3.8, 4) is 22.5 Å². The Morgan fingerprint density at radius 2 is 1.04 bits per heavy atom. The molecule has 0 aliphatic heterocycles. The van der Waals surface area contributed by atoms with Gasteiger partial charge in [0.05, 0.1) is 0 Å². The summed E-state index contributed by atoms with van der Waals surface area (Å²) in [5, 5.41) is 0. The number of aromatic nitrogens is 2. The Bertz CT molecular complexity index is 1060. The van der Waals surface area contributed by atoms with Crippen molar-refractivity contribution < 1.29 is 9.13 Å². The van der Waals surface area contributed by atoms with Crippen molar-refractivity contribution >= 4 is 0 Å². The van der Waals surface area contributed by atoms with E-state index in [1.165, 1.54) is 28.1 Å². The van der Waals surface area contributed by atoms with Crippen LogP contribution in [0, 0.1) is 0 Å². The minimum atomic E-state index is 0.104. The zero-order valence-corrected chi connectivity index (χ0v) is 16.7. The molecule has 0 fully saturated rings. The molecule has 2 heteroatoms. The maximum atomic E-state index is 2.26. The fourth-order valence-electron chi connectivity index (χ4n) is 3.50. The van der Waals surface area contributed by atoms with Gasteiger partial charge in [0.1, 0.15) is 0 Å². The lowest BCUT2D eigenvalue weighted by Crippen LogP contribution is -2.33. The number of hydrogen-bond acceptors (Lipinski definition) is 0. The average Bonchev–Trinajstić information content (AvgIpc) is 2.74. The van der Waals surface area contributed by atoms with Gasteiger partial charge in [-0.25, -0.2) is 0 Å².